The summed E-state index contributed by atoms with van der Waals surface area (Å²) in [5, 5.41) is 0. The molecule has 0 N–H and O–H groups in total. The lowest BCUT2D eigenvalue weighted by atomic mass is 9.96. The van der Waals surface area contributed by atoms with Crippen LogP contribution in [0.15, 0.2) is 92.3 Å². The van der Waals surface area contributed by atoms with Gasteiger partial charge in [0, 0.05) is 10.0 Å². The lowest BCUT2D eigenvalue weighted by molar-refractivity contribution is -0.139. The number of carbonyl (C=O) groups is 1. The number of nitrogens with zero attached hydrogens (tertiary/aromatic N) is 2. The zero-order valence-electron chi connectivity index (χ0n) is 24.3. The molecule has 10 heteroatoms. The van der Waals surface area contributed by atoms with Crippen molar-refractivity contribution in [3.8, 4) is 17.2 Å². The summed E-state index contributed by atoms with van der Waals surface area (Å²) in [7, 11) is 1.57. The molecule has 0 fully saturated rings. The number of esters is 1. The number of carbonyl (C=O) groups excluding carboxylic acids is 1. The molecule has 1 aromatic heterocycles. The molecular weight excluding hydrogens is 632 g/mol. The molecule has 2 heterocycles. The van der Waals surface area contributed by atoms with Gasteiger partial charge in [-0.3, -0.25) is 9.36 Å². The second-order valence-corrected chi connectivity index (χ2v) is 11.5. The molecule has 0 unspecified atom stereocenters. The number of thiazole rings is 1. The minimum Gasteiger partial charge on any atom is -0.494 e. The van der Waals surface area contributed by atoms with Crippen LogP contribution in [0.25, 0.3) is 6.08 Å². The van der Waals surface area contributed by atoms with Gasteiger partial charge in [0.25, 0.3) is 5.56 Å². The lowest BCUT2D eigenvalue weighted by Crippen LogP contribution is -2.39. The third-order valence-electron chi connectivity index (χ3n) is 6.80. The number of rotatable bonds is 10. The van der Waals surface area contributed by atoms with Gasteiger partial charge in [0.15, 0.2) is 16.3 Å². The maximum absolute atomic E-state index is 14.1. The topological polar surface area (TPSA) is 88.4 Å². The van der Waals surface area contributed by atoms with Crippen molar-refractivity contribution < 1.29 is 23.7 Å². The van der Waals surface area contributed by atoms with Crippen molar-refractivity contribution in [1.29, 1.82) is 0 Å². The lowest BCUT2D eigenvalue weighted by Gasteiger charge is -2.24. The summed E-state index contributed by atoms with van der Waals surface area (Å²) in [5.74, 6) is 1.22. The summed E-state index contributed by atoms with van der Waals surface area (Å²) in [6.07, 6.45) is 1.77. The van der Waals surface area contributed by atoms with E-state index < -0.39 is 12.0 Å². The average molecular weight is 664 g/mol. The van der Waals surface area contributed by atoms with E-state index in [1.807, 2.05) is 73.7 Å². The van der Waals surface area contributed by atoms with E-state index in [1.165, 1.54) is 11.3 Å². The van der Waals surface area contributed by atoms with Crippen molar-refractivity contribution in [2.45, 2.75) is 33.4 Å². The molecular formula is C33H31BrN2O6S. The van der Waals surface area contributed by atoms with Crippen LogP contribution >= 0.6 is 27.3 Å². The molecule has 0 amide bonds. The molecule has 0 aliphatic carbocycles. The summed E-state index contributed by atoms with van der Waals surface area (Å²) in [4.78, 5) is 32.5. The number of benzene rings is 3. The predicted octanol–water partition coefficient (Wildman–Crippen LogP) is 5.55. The van der Waals surface area contributed by atoms with Crippen molar-refractivity contribution in [2.24, 2.45) is 4.99 Å². The van der Waals surface area contributed by atoms with Gasteiger partial charge < -0.3 is 18.9 Å². The Morgan fingerprint density at radius 1 is 1.05 bits per heavy atom. The quantitative estimate of drug-likeness (QED) is 0.207. The fourth-order valence-electron chi connectivity index (χ4n) is 4.89. The van der Waals surface area contributed by atoms with E-state index in [1.54, 1.807) is 31.6 Å². The van der Waals surface area contributed by atoms with Gasteiger partial charge in [-0.05, 0) is 62.2 Å². The summed E-state index contributed by atoms with van der Waals surface area (Å²) in [6, 6.07) is 20.2. The molecule has 43 heavy (non-hydrogen) atoms. The monoisotopic (exact) mass is 662 g/mol. The summed E-state index contributed by atoms with van der Waals surface area (Å²) < 4.78 is 25.7. The molecule has 0 saturated heterocycles. The third kappa shape index (κ3) is 6.45. The van der Waals surface area contributed by atoms with Crippen molar-refractivity contribution in [3.05, 3.63) is 119 Å². The van der Waals surface area contributed by atoms with Crippen LogP contribution in [-0.4, -0.2) is 30.9 Å². The summed E-state index contributed by atoms with van der Waals surface area (Å²) >= 11 is 4.80. The zero-order valence-corrected chi connectivity index (χ0v) is 26.7. The highest BCUT2D eigenvalue weighted by Crippen LogP contribution is 2.36. The number of aromatic nitrogens is 1. The van der Waals surface area contributed by atoms with Crippen LogP contribution in [-0.2, 0) is 16.1 Å². The Morgan fingerprint density at radius 2 is 1.79 bits per heavy atom. The smallest absolute Gasteiger partial charge is 0.338 e. The molecule has 0 saturated carbocycles. The molecule has 222 valence electrons. The summed E-state index contributed by atoms with van der Waals surface area (Å²) in [6.45, 7) is 6.47. The van der Waals surface area contributed by atoms with Crippen LogP contribution < -0.4 is 29.1 Å². The molecule has 1 aliphatic rings. The van der Waals surface area contributed by atoms with Crippen LogP contribution in [0.2, 0.25) is 0 Å². The Morgan fingerprint density at radius 3 is 2.47 bits per heavy atom. The number of allylic oxidation sites excluding steroid dienone is 1. The largest absolute Gasteiger partial charge is 0.494 e. The number of ether oxygens (including phenoxy) is 4. The molecule has 3 aromatic carbocycles. The van der Waals surface area contributed by atoms with Crippen LogP contribution in [0.3, 0.4) is 0 Å². The molecule has 8 nitrogen and oxygen atoms in total. The van der Waals surface area contributed by atoms with Crippen LogP contribution in [0.1, 0.15) is 43.5 Å². The molecule has 0 radical (unpaired) electrons. The van der Waals surface area contributed by atoms with E-state index >= 15 is 0 Å². The van der Waals surface area contributed by atoms with Gasteiger partial charge in [0.2, 0.25) is 0 Å². The highest BCUT2D eigenvalue weighted by Gasteiger charge is 2.33. The highest BCUT2D eigenvalue weighted by atomic mass is 79.9. The van der Waals surface area contributed by atoms with Gasteiger partial charge in [0.1, 0.15) is 12.4 Å². The third-order valence-corrected chi connectivity index (χ3v) is 8.25. The Balaban J connectivity index is 1.66. The second-order valence-electron chi connectivity index (χ2n) is 9.60. The van der Waals surface area contributed by atoms with E-state index in [0.29, 0.717) is 56.6 Å². The van der Waals surface area contributed by atoms with Crippen LogP contribution in [0.5, 0.6) is 17.2 Å². The molecule has 5 rings (SSSR count). The minimum absolute atomic E-state index is 0.201. The normalized spacial score (nSPS) is 14.6. The average Bonchev–Trinajstić information content (AvgIpc) is 3.30. The van der Waals surface area contributed by atoms with Gasteiger partial charge >= 0.3 is 5.97 Å². The summed E-state index contributed by atoms with van der Waals surface area (Å²) in [5.41, 5.74) is 2.93. The van der Waals surface area contributed by atoms with E-state index in [2.05, 4.69) is 20.9 Å². The zero-order chi connectivity index (χ0) is 30.5. The second kappa shape index (κ2) is 13.4. The first-order valence-electron chi connectivity index (χ1n) is 13.8. The number of fused-ring (bicyclic) bond motifs is 1. The van der Waals surface area contributed by atoms with Gasteiger partial charge in [0.05, 0.1) is 42.2 Å². The Labute approximate surface area is 261 Å². The van der Waals surface area contributed by atoms with Crippen molar-refractivity contribution in [2.75, 3.05) is 20.3 Å². The van der Waals surface area contributed by atoms with Crippen molar-refractivity contribution in [1.82, 2.24) is 4.57 Å². The van der Waals surface area contributed by atoms with Crippen LogP contribution in [0, 0.1) is 0 Å². The number of hydrogen-bond donors (Lipinski definition) is 0. The van der Waals surface area contributed by atoms with E-state index in [0.717, 1.165) is 15.6 Å². The molecule has 1 aliphatic heterocycles. The molecule has 1 atom stereocenters. The molecule has 4 aromatic rings. The molecule has 0 spiro atoms. The van der Waals surface area contributed by atoms with Crippen molar-refractivity contribution in [3.63, 3.8) is 0 Å². The van der Waals surface area contributed by atoms with Gasteiger partial charge in [-0.15, -0.1) is 0 Å². The standard InChI is InChI=1S/C33H31BrN2O6S/c1-5-40-25-14-12-22(13-15-25)29-28(32(38)41-6-2)20(3)35-33-36(29)31(37)27(43-33)17-23-16-24(34)18-26(39-4)30(23)42-19-21-10-8-7-9-11-21/h7-18,29H,5-6,19H2,1-4H3/b27-17-/t29-/m1/s1. The van der Waals surface area contributed by atoms with E-state index in [4.69, 9.17) is 18.9 Å². The maximum atomic E-state index is 14.1. The number of halogens is 1. The van der Waals surface area contributed by atoms with E-state index in [9.17, 15) is 9.59 Å². The first-order chi connectivity index (χ1) is 20.8. The Hall–Kier alpha value is -4.15. The van der Waals surface area contributed by atoms with Gasteiger partial charge in [-0.25, -0.2) is 9.79 Å². The van der Waals surface area contributed by atoms with Crippen LogP contribution in [0.4, 0.5) is 0 Å². The first kappa shape index (κ1) is 30.3. The fraction of sp³-hybridized carbons (Fsp3) is 0.242. The van der Waals surface area contributed by atoms with Gasteiger partial charge in [-0.2, -0.15) is 0 Å². The maximum Gasteiger partial charge on any atom is 0.338 e. The number of methoxy groups -OCH3 is 1. The number of hydrogen-bond acceptors (Lipinski definition) is 8. The van der Waals surface area contributed by atoms with E-state index in [-0.39, 0.29) is 12.2 Å². The predicted molar refractivity (Wildman–Crippen MR) is 169 cm³/mol. The Bertz CT molecular complexity index is 1850. The highest BCUT2D eigenvalue weighted by molar-refractivity contribution is 9.10. The SMILES string of the molecule is CCOC(=O)C1=C(C)N=c2s/c(=C\c3cc(Br)cc(OC)c3OCc3ccccc3)c(=O)n2[C@@H]1c1ccc(OCC)cc1. The Kier molecular flexibility index (Phi) is 9.47. The first-order valence-corrected chi connectivity index (χ1v) is 15.4. The van der Waals surface area contributed by atoms with Gasteiger partial charge in [-0.1, -0.05) is 69.7 Å². The minimum atomic E-state index is -0.723. The van der Waals surface area contributed by atoms with Crippen molar-refractivity contribution >= 4 is 39.3 Å². The molecule has 0 bridgehead atoms. The fourth-order valence-corrected chi connectivity index (χ4v) is 6.39.